The molecule has 1 amide bonds. The zero-order valence-corrected chi connectivity index (χ0v) is 16.0. The highest BCUT2D eigenvalue weighted by molar-refractivity contribution is 5.96. The number of likely N-dealkylation sites (N-methyl/N-ethyl adjacent to an activating group) is 1. The van der Waals surface area contributed by atoms with Gasteiger partial charge in [-0.05, 0) is 55.6 Å². The highest BCUT2D eigenvalue weighted by Crippen LogP contribution is 2.30. The number of carbonyl (C=O) groups excluding carboxylic acids is 1. The second-order valence-corrected chi connectivity index (χ2v) is 6.94. The number of hydrogen-bond acceptors (Lipinski definition) is 3. The number of fused-ring (bicyclic) bond motifs is 1. The van der Waals surface area contributed by atoms with Crippen LogP contribution < -0.4 is 9.64 Å². The van der Waals surface area contributed by atoms with Crippen LogP contribution in [0.3, 0.4) is 0 Å². The minimum Gasteiger partial charge on any atom is -0.497 e. The van der Waals surface area contributed by atoms with Crippen molar-refractivity contribution in [1.29, 1.82) is 0 Å². The molecule has 0 aromatic heterocycles. The molecule has 0 atom stereocenters. The Labute approximate surface area is 156 Å². The predicted octanol–water partition coefficient (Wildman–Crippen LogP) is 3.80. The van der Waals surface area contributed by atoms with Gasteiger partial charge in [0.2, 0.25) is 5.91 Å². The van der Waals surface area contributed by atoms with Gasteiger partial charge in [-0.15, -0.1) is 0 Å². The number of amides is 1. The number of rotatable bonds is 6. The Morgan fingerprint density at radius 1 is 1.23 bits per heavy atom. The van der Waals surface area contributed by atoms with E-state index in [1.165, 1.54) is 16.7 Å². The number of carbonyl (C=O) groups is 1. The standard InChI is InChI=1S/C22H28N2O2/c1-4-23(15-18-8-5-7-17(2)13-18)16-22(25)24-12-6-9-19-14-20(26-3)10-11-21(19)24/h5,7-8,10-11,13-14H,4,6,9,12,15-16H2,1-3H3. The summed E-state index contributed by atoms with van der Waals surface area (Å²) < 4.78 is 5.32. The molecule has 0 radical (unpaired) electrons. The van der Waals surface area contributed by atoms with Crippen molar-refractivity contribution in [2.24, 2.45) is 0 Å². The fourth-order valence-corrected chi connectivity index (χ4v) is 3.58. The Balaban J connectivity index is 1.71. The third kappa shape index (κ3) is 4.25. The summed E-state index contributed by atoms with van der Waals surface area (Å²) in [4.78, 5) is 17.1. The minimum atomic E-state index is 0.172. The Morgan fingerprint density at radius 3 is 2.81 bits per heavy atom. The molecule has 2 aromatic carbocycles. The first-order valence-electron chi connectivity index (χ1n) is 9.36. The molecule has 4 heteroatoms. The van der Waals surface area contributed by atoms with E-state index < -0.39 is 0 Å². The topological polar surface area (TPSA) is 32.8 Å². The van der Waals surface area contributed by atoms with Crippen molar-refractivity contribution in [3.8, 4) is 5.75 Å². The molecule has 0 bridgehead atoms. The number of ether oxygens (including phenoxy) is 1. The van der Waals surface area contributed by atoms with Crippen molar-refractivity contribution in [2.75, 3.05) is 31.6 Å². The summed E-state index contributed by atoms with van der Waals surface area (Å²) in [7, 11) is 1.68. The third-order valence-corrected chi connectivity index (χ3v) is 5.00. The van der Waals surface area contributed by atoms with Crippen LogP contribution >= 0.6 is 0 Å². The first-order valence-corrected chi connectivity index (χ1v) is 9.36. The average molecular weight is 352 g/mol. The number of benzene rings is 2. The molecule has 1 heterocycles. The van der Waals surface area contributed by atoms with Crippen LogP contribution in [0.15, 0.2) is 42.5 Å². The van der Waals surface area contributed by atoms with Crippen molar-refractivity contribution in [3.05, 3.63) is 59.2 Å². The second kappa shape index (κ2) is 8.37. The quantitative estimate of drug-likeness (QED) is 0.793. The van der Waals surface area contributed by atoms with Crippen LogP contribution in [-0.2, 0) is 17.8 Å². The first-order chi connectivity index (χ1) is 12.6. The lowest BCUT2D eigenvalue weighted by Crippen LogP contribution is -2.42. The molecular weight excluding hydrogens is 324 g/mol. The van der Waals surface area contributed by atoms with E-state index in [0.29, 0.717) is 6.54 Å². The smallest absolute Gasteiger partial charge is 0.241 e. The van der Waals surface area contributed by atoms with Gasteiger partial charge in [0.05, 0.1) is 13.7 Å². The zero-order chi connectivity index (χ0) is 18.5. The summed E-state index contributed by atoms with van der Waals surface area (Å²) in [5.74, 6) is 1.03. The molecule has 3 rings (SSSR count). The molecule has 4 nitrogen and oxygen atoms in total. The second-order valence-electron chi connectivity index (χ2n) is 6.94. The highest BCUT2D eigenvalue weighted by atomic mass is 16.5. The monoisotopic (exact) mass is 352 g/mol. The van der Waals surface area contributed by atoms with Gasteiger partial charge in [0.25, 0.3) is 0 Å². The van der Waals surface area contributed by atoms with Gasteiger partial charge in [-0.25, -0.2) is 0 Å². The molecule has 0 fully saturated rings. The summed E-state index contributed by atoms with van der Waals surface area (Å²) >= 11 is 0. The van der Waals surface area contributed by atoms with Crippen LogP contribution in [0.5, 0.6) is 5.75 Å². The van der Waals surface area contributed by atoms with E-state index in [9.17, 15) is 4.79 Å². The van der Waals surface area contributed by atoms with E-state index in [2.05, 4.69) is 49.1 Å². The van der Waals surface area contributed by atoms with Crippen LogP contribution in [0.1, 0.15) is 30.0 Å². The van der Waals surface area contributed by atoms with Crippen LogP contribution in [0.25, 0.3) is 0 Å². The van der Waals surface area contributed by atoms with E-state index in [-0.39, 0.29) is 5.91 Å². The molecule has 0 unspecified atom stereocenters. The summed E-state index contributed by atoms with van der Waals surface area (Å²) in [6, 6.07) is 14.5. The molecular formula is C22H28N2O2. The minimum absolute atomic E-state index is 0.172. The van der Waals surface area contributed by atoms with Gasteiger partial charge in [-0.2, -0.15) is 0 Å². The van der Waals surface area contributed by atoms with E-state index in [1.807, 2.05) is 17.0 Å². The molecule has 0 saturated carbocycles. The number of anilines is 1. The maximum Gasteiger partial charge on any atom is 0.241 e. The maximum absolute atomic E-state index is 13.0. The highest BCUT2D eigenvalue weighted by Gasteiger charge is 2.24. The summed E-state index contributed by atoms with van der Waals surface area (Å²) in [5, 5.41) is 0. The number of hydrogen-bond donors (Lipinski definition) is 0. The Kier molecular flexibility index (Phi) is 5.94. The summed E-state index contributed by atoms with van der Waals surface area (Å²) in [6.45, 7) is 7.09. The van der Waals surface area contributed by atoms with Crippen LogP contribution in [0.2, 0.25) is 0 Å². The largest absolute Gasteiger partial charge is 0.497 e. The predicted molar refractivity (Wildman–Crippen MR) is 106 cm³/mol. The van der Waals surface area contributed by atoms with Gasteiger partial charge >= 0.3 is 0 Å². The molecule has 0 spiro atoms. The van der Waals surface area contributed by atoms with Gasteiger partial charge in [-0.3, -0.25) is 9.69 Å². The fourth-order valence-electron chi connectivity index (χ4n) is 3.58. The van der Waals surface area contributed by atoms with Gasteiger partial charge in [-0.1, -0.05) is 36.8 Å². The normalized spacial score (nSPS) is 13.6. The lowest BCUT2D eigenvalue weighted by Gasteiger charge is -2.32. The summed E-state index contributed by atoms with van der Waals surface area (Å²) in [6.07, 6.45) is 1.99. The van der Waals surface area contributed by atoms with Crippen molar-refractivity contribution >= 4 is 11.6 Å². The van der Waals surface area contributed by atoms with E-state index in [1.54, 1.807) is 7.11 Å². The number of aryl methyl sites for hydroxylation is 2. The Bertz CT molecular complexity index is 772. The maximum atomic E-state index is 13.0. The molecule has 2 aromatic rings. The van der Waals surface area contributed by atoms with E-state index >= 15 is 0 Å². The average Bonchev–Trinajstić information content (AvgIpc) is 2.66. The Morgan fingerprint density at radius 2 is 2.08 bits per heavy atom. The van der Waals surface area contributed by atoms with Crippen molar-refractivity contribution in [2.45, 2.75) is 33.2 Å². The van der Waals surface area contributed by atoms with Crippen LogP contribution in [0, 0.1) is 6.92 Å². The lowest BCUT2D eigenvalue weighted by molar-refractivity contribution is -0.119. The van der Waals surface area contributed by atoms with Crippen molar-refractivity contribution < 1.29 is 9.53 Å². The van der Waals surface area contributed by atoms with Gasteiger partial charge in [0.1, 0.15) is 5.75 Å². The molecule has 26 heavy (non-hydrogen) atoms. The molecule has 138 valence electrons. The SMILES string of the molecule is CCN(CC(=O)N1CCCc2cc(OC)ccc21)Cc1cccc(C)c1. The van der Waals surface area contributed by atoms with Gasteiger partial charge < -0.3 is 9.64 Å². The first kappa shape index (κ1) is 18.5. The molecule has 0 N–H and O–H groups in total. The number of methoxy groups -OCH3 is 1. The molecule has 1 aliphatic rings. The number of nitrogens with zero attached hydrogens (tertiary/aromatic N) is 2. The third-order valence-electron chi connectivity index (χ3n) is 5.00. The molecule has 0 saturated heterocycles. The van der Waals surface area contributed by atoms with Gasteiger partial charge in [0.15, 0.2) is 0 Å². The van der Waals surface area contributed by atoms with Gasteiger partial charge in [0, 0.05) is 18.8 Å². The van der Waals surface area contributed by atoms with E-state index in [0.717, 1.165) is 43.9 Å². The van der Waals surface area contributed by atoms with Crippen LogP contribution in [0.4, 0.5) is 5.69 Å². The zero-order valence-electron chi connectivity index (χ0n) is 16.0. The molecule has 0 aliphatic carbocycles. The van der Waals surface area contributed by atoms with Crippen molar-refractivity contribution in [3.63, 3.8) is 0 Å². The van der Waals surface area contributed by atoms with E-state index in [4.69, 9.17) is 4.74 Å². The van der Waals surface area contributed by atoms with Crippen LogP contribution in [-0.4, -0.2) is 37.6 Å². The summed E-state index contributed by atoms with van der Waals surface area (Å²) in [5.41, 5.74) is 4.74. The Hall–Kier alpha value is -2.33. The van der Waals surface area contributed by atoms with Crippen molar-refractivity contribution in [1.82, 2.24) is 4.90 Å². The lowest BCUT2D eigenvalue weighted by atomic mass is 10.0. The molecule has 1 aliphatic heterocycles. The fraction of sp³-hybridized carbons (Fsp3) is 0.409.